The van der Waals surface area contributed by atoms with Crippen LogP contribution in [0.2, 0.25) is 0 Å². The second-order valence-corrected chi connectivity index (χ2v) is 17.0. The Morgan fingerprint density at radius 2 is 1.91 bits per heavy atom. The van der Waals surface area contributed by atoms with Gasteiger partial charge in [0.1, 0.15) is 22.9 Å². The van der Waals surface area contributed by atoms with Gasteiger partial charge in [0.05, 0.1) is 22.3 Å². The van der Waals surface area contributed by atoms with E-state index in [-0.39, 0.29) is 30.3 Å². The van der Waals surface area contributed by atoms with E-state index in [0.29, 0.717) is 29.5 Å². The molecule has 12 nitrogen and oxygen atoms in total. The number of nitrogens with one attached hydrogen (secondary N) is 2. The molecule has 58 heavy (non-hydrogen) atoms. The summed E-state index contributed by atoms with van der Waals surface area (Å²) in [7, 11) is 0. The van der Waals surface area contributed by atoms with Gasteiger partial charge in [0, 0.05) is 59.2 Å². The number of amides is 3. The maximum Gasteiger partial charge on any atom is 0.255 e. The number of benzene rings is 1. The van der Waals surface area contributed by atoms with Crippen LogP contribution in [0, 0.1) is 31.6 Å². The summed E-state index contributed by atoms with van der Waals surface area (Å²) in [6.45, 7) is 13.2. The highest BCUT2D eigenvalue weighted by molar-refractivity contribution is 7.15. The lowest BCUT2D eigenvalue weighted by Gasteiger charge is -2.31. The number of fused-ring (bicyclic) bond motifs is 4. The maximum absolute atomic E-state index is 13.3. The van der Waals surface area contributed by atoms with Crippen molar-refractivity contribution in [3.63, 3.8) is 0 Å². The second-order valence-electron chi connectivity index (χ2n) is 15.5. The normalized spacial score (nSPS) is 21.8. The average Bonchev–Trinajstić information content (AvgIpc) is 3.96. The van der Waals surface area contributed by atoms with Gasteiger partial charge < -0.3 is 10.2 Å². The number of piperidine rings is 1. The first-order valence-electron chi connectivity index (χ1n) is 19.9. The standard InChI is InChI=1S/C44H46ClN9O3S/c1-6-8-31(15-11-25(2)45)40-39-26(3)37(58-44(39)54-28(5)50-51-41(54)27(4)47-40)19-14-30-21-46-52(23-30)22-29-12-16-32(17-13-29)48-35-10-7-9-33-34(35)24-53(43(33)57)36-18-20-38(55)49-42(36)56/h7-11,15,21,23,27,29,32,36,48H,2,6,12-13,16-18,20,22,24H2,1,3-5H3,(H,49,55,56)/b15-11-,31-8+/t27-,29?,32?,36?/m0/s1. The molecule has 6 heterocycles. The molecule has 0 radical (unpaired) electrons. The molecule has 1 aliphatic carbocycles. The highest BCUT2D eigenvalue weighted by Crippen LogP contribution is 2.39. The maximum atomic E-state index is 13.3. The molecule has 0 spiro atoms. The van der Waals surface area contributed by atoms with E-state index in [4.69, 9.17) is 16.6 Å². The lowest BCUT2D eigenvalue weighted by molar-refractivity contribution is -0.136. The second kappa shape index (κ2) is 16.3. The first kappa shape index (κ1) is 39.3. The molecule has 1 unspecified atom stereocenters. The van der Waals surface area contributed by atoms with E-state index in [0.717, 1.165) is 99.4 Å². The third-order valence-electron chi connectivity index (χ3n) is 11.4. The number of carbonyl (C=O) groups excluding carboxylic acids is 3. The summed E-state index contributed by atoms with van der Waals surface area (Å²) in [5, 5.41) is 21.2. The number of hydrogen-bond acceptors (Lipinski definition) is 9. The van der Waals surface area contributed by atoms with Crippen molar-refractivity contribution in [2.75, 3.05) is 5.32 Å². The summed E-state index contributed by atoms with van der Waals surface area (Å²) in [5.41, 5.74) is 7.27. The number of aliphatic imine (C=N–C) groups is 1. The number of rotatable bonds is 9. The van der Waals surface area contributed by atoms with E-state index in [1.54, 1.807) is 22.3 Å². The third kappa shape index (κ3) is 7.71. The molecule has 2 N–H and O–H groups in total. The Kier molecular flexibility index (Phi) is 11.1. The van der Waals surface area contributed by atoms with Crippen molar-refractivity contribution in [2.45, 2.75) is 104 Å². The van der Waals surface area contributed by atoms with Crippen LogP contribution in [-0.4, -0.2) is 65.0 Å². The van der Waals surface area contributed by atoms with Crippen molar-refractivity contribution in [3.05, 3.63) is 110 Å². The summed E-state index contributed by atoms with van der Waals surface area (Å²) in [6, 6.07) is 5.19. The Labute approximate surface area is 347 Å². The number of thiophene rings is 1. The van der Waals surface area contributed by atoms with E-state index in [9.17, 15) is 14.4 Å². The number of imide groups is 1. The van der Waals surface area contributed by atoms with Crippen molar-refractivity contribution in [3.8, 4) is 16.8 Å². The van der Waals surface area contributed by atoms with Crippen molar-refractivity contribution >= 4 is 52.1 Å². The molecule has 3 amide bonds. The van der Waals surface area contributed by atoms with E-state index in [1.807, 2.05) is 55.2 Å². The van der Waals surface area contributed by atoms with Crippen molar-refractivity contribution in [1.82, 2.24) is 34.8 Å². The zero-order chi connectivity index (χ0) is 40.7. The minimum Gasteiger partial charge on any atom is -0.382 e. The van der Waals surface area contributed by atoms with Crippen LogP contribution in [0.25, 0.3) is 5.00 Å². The molecule has 2 atom stereocenters. The van der Waals surface area contributed by atoms with E-state index in [2.05, 4.69) is 68.8 Å². The van der Waals surface area contributed by atoms with Crippen molar-refractivity contribution in [1.29, 1.82) is 0 Å². The number of halogens is 1. The highest BCUT2D eigenvalue weighted by atomic mass is 35.5. The van der Waals surface area contributed by atoms with Gasteiger partial charge in [0.2, 0.25) is 11.8 Å². The van der Waals surface area contributed by atoms with Gasteiger partial charge in [-0.2, -0.15) is 5.10 Å². The van der Waals surface area contributed by atoms with E-state index < -0.39 is 11.9 Å². The van der Waals surface area contributed by atoms with Gasteiger partial charge in [-0.15, -0.1) is 21.5 Å². The van der Waals surface area contributed by atoms with Crippen molar-refractivity contribution < 1.29 is 14.4 Å². The van der Waals surface area contributed by atoms with E-state index in [1.165, 1.54) is 0 Å². The summed E-state index contributed by atoms with van der Waals surface area (Å²) < 4.78 is 4.12. The molecule has 298 valence electrons. The predicted molar refractivity (Wildman–Crippen MR) is 226 cm³/mol. The van der Waals surface area contributed by atoms with Crippen LogP contribution in [0.15, 0.2) is 71.0 Å². The minimum atomic E-state index is -0.627. The van der Waals surface area contributed by atoms with Gasteiger partial charge in [0.15, 0.2) is 5.82 Å². The van der Waals surface area contributed by atoms with Crippen LogP contribution in [0.4, 0.5) is 5.69 Å². The SMILES string of the molecule is C=C(Cl)/C=C\C(=C/CC)C1=N[C@@H](C)c2nnc(C)n2-c2sc(C#Cc3cnn(CC4CCC(Nc5cccc6c5CN(C5CCC(=O)NC5=O)C6=O)CC4)c3)c(C)c21. The topological polar surface area (TPSA) is 139 Å². The van der Waals surface area contributed by atoms with Gasteiger partial charge in [-0.1, -0.05) is 55.2 Å². The predicted octanol–water partition coefficient (Wildman–Crippen LogP) is 7.48. The first-order valence-corrected chi connectivity index (χ1v) is 21.1. The number of carbonyl (C=O) groups is 3. The number of nitrogens with zero attached hydrogens (tertiary/aromatic N) is 7. The Morgan fingerprint density at radius 3 is 2.67 bits per heavy atom. The smallest absolute Gasteiger partial charge is 0.255 e. The fourth-order valence-electron chi connectivity index (χ4n) is 8.48. The van der Waals surface area contributed by atoms with Gasteiger partial charge in [-0.3, -0.25) is 33.9 Å². The third-order valence-corrected chi connectivity index (χ3v) is 12.8. The molecule has 3 aromatic heterocycles. The van der Waals surface area contributed by atoms with Gasteiger partial charge >= 0.3 is 0 Å². The fraction of sp³-hybridized carbons (Fsp3) is 0.386. The number of allylic oxidation sites excluding steroid dienone is 5. The quantitative estimate of drug-likeness (QED) is 0.102. The van der Waals surface area contributed by atoms with Gasteiger partial charge in [0.25, 0.3) is 5.91 Å². The number of hydrogen-bond donors (Lipinski definition) is 2. The molecule has 0 bridgehead atoms. The first-order chi connectivity index (χ1) is 28.0. The summed E-state index contributed by atoms with van der Waals surface area (Å²) >= 11 is 7.77. The molecule has 1 saturated heterocycles. The molecule has 1 saturated carbocycles. The fourth-order valence-corrected chi connectivity index (χ4v) is 9.77. The Hall–Kier alpha value is -5.58. The van der Waals surface area contributed by atoms with Crippen LogP contribution in [0.5, 0.6) is 0 Å². The van der Waals surface area contributed by atoms with Crippen LogP contribution >= 0.6 is 22.9 Å². The number of anilines is 1. The molecular weight excluding hydrogens is 770 g/mol. The summed E-state index contributed by atoms with van der Waals surface area (Å²) in [6.07, 6.45) is 15.3. The molecular formula is C44H46ClN9O3S. The molecule has 4 aromatic rings. The monoisotopic (exact) mass is 815 g/mol. The Morgan fingerprint density at radius 1 is 1.10 bits per heavy atom. The molecule has 4 aliphatic rings. The average molecular weight is 816 g/mol. The molecule has 3 aliphatic heterocycles. The molecule has 2 fully saturated rings. The van der Waals surface area contributed by atoms with Crippen LogP contribution < -0.4 is 10.6 Å². The van der Waals surface area contributed by atoms with Crippen LogP contribution in [0.3, 0.4) is 0 Å². The van der Waals surface area contributed by atoms with Crippen LogP contribution in [0.1, 0.15) is 114 Å². The van der Waals surface area contributed by atoms with Crippen LogP contribution in [-0.2, 0) is 22.7 Å². The van der Waals surface area contributed by atoms with Gasteiger partial charge in [-0.05, 0) is 94.6 Å². The minimum absolute atomic E-state index is 0.156. The van der Waals surface area contributed by atoms with Gasteiger partial charge in [-0.25, -0.2) is 0 Å². The lowest BCUT2D eigenvalue weighted by atomic mass is 9.85. The molecule has 14 heteroatoms. The number of aryl methyl sites for hydroxylation is 1. The van der Waals surface area contributed by atoms with Crippen molar-refractivity contribution in [2.24, 2.45) is 10.9 Å². The lowest BCUT2D eigenvalue weighted by Crippen LogP contribution is -2.52. The number of aromatic nitrogens is 5. The summed E-state index contributed by atoms with van der Waals surface area (Å²) in [4.78, 5) is 45.3. The summed E-state index contributed by atoms with van der Waals surface area (Å²) in [5.74, 6) is 8.09. The Balaban J connectivity index is 0.934. The highest BCUT2D eigenvalue weighted by Gasteiger charge is 2.40. The molecule has 1 aromatic carbocycles. The zero-order valence-corrected chi connectivity index (χ0v) is 34.7. The Bertz CT molecular complexity index is 2490. The zero-order valence-electron chi connectivity index (χ0n) is 33.1. The van der Waals surface area contributed by atoms with E-state index >= 15 is 0 Å². The largest absolute Gasteiger partial charge is 0.382 e. The molecule has 8 rings (SSSR count).